The second-order valence-corrected chi connectivity index (χ2v) is 4.47. The summed E-state index contributed by atoms with van der Waals surface area (Å²) < 4.78 is 5.39. The van der Waals surface area contributed by atoms with Gasteiger partial charge in [-0.05, 0) is 23.8 Å². The topological polar surface area (TPSA) is 64.3 Å². The van der Waals surface area contributed by atoms with Crippen molar-refractivity contribution in [2.45, 2.75) is 19.5 Å². The molecule has 0 radical (unpaired) electrons. The van der Waals surface area contributed by atoms with E-state index in [1.165, 1.54) is 0 Å². The number of ether oxygens (including phenoxy) is 1. The maximum atomic E-state index is 11.1. The van der Waals surface area contributed by atoms with Gasteiger partial charge in [-0.15, -0.1) is 0 Å². The molecule has 19 heavy (non-hydrogen) atoms. The lowest BCUT2D eigenvalue weighted by molar-refractivity contribution is -0.119. The molecule has 0 aliphatic rings. The molecule has 1 unspecified atom stereocenters. The number of nitrogens with one attached hydrogen (secondary N) is 1. The van der Waals surface area contributed by atoms with Crippen molar-refractivity contribution in [3.05, 3.63) is 42.0 Å². The number of hydrogen-bond donors (Lipinski definition) is 2. The van der Waals surface area contributed by atoms with Crippen LogP contribution in [-0.2, 0) is 11.3 Å². The first-order chi connectivity index (χ1) is 9.13. The fourth-order valence-electron chi connectivity index (χ4n) is 2.05. The minimum Gasteiger partial charge on any atom is -0.496 e. The molecule has 100 valence electrons. The molecule has 2 aromatic rings. The van der Waals surface area contributed by atoms with Crippen LogP contribution in [0.1, 0.15) is 12.5 Å². The van der Waals surface area contributed by atoms with E-state index < -0.39 is 0 Å². The van der Waals surface area contributed by atoms with Crippen LogP contribution in [0.15, 0.2) is 36.4 Å². The summed E-state index contributed by atoms with van der Waals surface area (Å²) in [6.45, 7) is 2.29. The summed E-state index contributed by atoms with van der Waals surface area (Å²) in [6.07, 6.45) is 0. The molecule has 4 heteroatoms. The summed E-state index contributed by atoms with van der Waals surface area (Å²) in [5.74, 6) is 0.446. The number of carbonyl (C=O) groups excluding carboxylic acids is 1. The number of nitrogens with two attached hydrogens (primary N) is 1. The Morgan fingerprint density at radius 1 is 1.32 bits per heavy atom. The highest BCUT2D eigenvalue weighted by molar-refractivity contribution is 5.88. The third kappa shape index (κ3) is 2.85. The van der Waals surface area contributed by atoms with E-state index in [1.807, 2.05) is 30.3 Å². The van der Waals surface area contributed by atoms with Crippen LogP contribution in [-0.4, -0.2) is 19.1 Å². The second kappa shape index (κ2) is 5.71. The van der Waals surface area contributed by atoms with Crippen molar-refractivity contribution in [1.29, 1.82) is 0 Å². The number of primary amides is 1. The number of fused-ring (bicyclic) bond motifs is 1. The zero-order valence-electron chi connectivity index (χ0n) is 11.1. The molecule has 0 spiro atoms. The number of hydrogen-bond acceptors (Lipinski definition) is 3. The minimum atomic E-state index is -0.372. The number of carbonyl (C=O) groups is 1. The fraction of sp³-hybridized carbons (Fsp3) is 0.267. The molecule has 2 rings (SSSR count). The molecule has 2 aromatic carbocycles. The van der Waals surface area contributed by atoms with Crippen molar-refractivity contribution >= 4 is 16.7 Å². The van der Waals surface area contributed by atoms with Gasteiger partial charge in [0.05, 0.1) is 13.2 Å². The van der Waals surface area contributed by atoms with E-state index >= 15 is 0 Å². The molecule has 0 fully saturated rings. The van der Waals surface area contributed by atoms with Crippen LogP contribution in [0.25, 0.3) is 10.8 Å². The number of benzene rings is 2. The van der Waals surface area contributed by atoms with Gasteiger partial charge in [0, 0.05) is 12.1 Å². The van der Waals surface area contributed by atoms with Gasteiger partial charge in [0.15, 0.2) is 0 Å². The standard InChI is InChI=1S/C15H18N2O2/c1-10(15(16)18)17-9-13-12-6-4-3-5-11(12)7-8-14(13)19-2/h3-8,10,17H,9H2,1-2H3,(H2,16,18). The van der Waals surface area contributed by atoms with Crippen molar-refractivity contribution < 1.29 is 9.53 Å². The minimum absolute atomic E-state index is 0.362. The third-order valence-corrected chi connectivity index (χ3v) is 3.23. The summed E-state index contributed by atoms with van der Waals surface area (Å²) >= 11 is 0. The predicted octanol–water partition coefficient (Wildman–Crippen LogP) is 1.81. The Morgan fingerprint density at radius 2 is 2.05 bits per heavy atom. The van der Waals surface area contributed by atoms with Gasteiger partial charge in [-0.1, -0.05) is 30.3 Å². The molecule has 0 heterocycles. The molecule has 0 saturated carbocycles. The Kier molecular flexibility index (Phi) is 4.02. The van der Waals surface area contributed by atoms with Gasteiger partial charge in [0.1, 0.15) is 5.75 Å². The lowest BCUT2D eigenvalue weighted by Crippen LogP contribution is -2.38. The summed E-state index contributed by atoms with van der Waals surface area (Å²) in [7, 11) is 1.64. The van der Waals surface area contributed by atoms with Gasteiger partial charge in [-0.3, -0.25) is 4.79 Å². The first-order valence-electron chi connectivity index (χ1n) is 6.21. The molecule has 0 bridgehead atoms. The highest BCUT2D eigenvalue weighted by Crippen LogP contribution is 2.27. The van der Waals surface area contributed by atoms with E-state index in [4.69, 9.17) is 10.5 Å². The molecule has 0 aliphatic carbocycles. The summed E-state index contributed by atoms with van der Waals surface area (Å²) in [4.78, 5) is 11.1. The normalized spacial score (nSPS) is 12.3. The first kappa shape index (κ1) is 13.4. The van der Waals surface area contributed by atoms with Gasteiger partial charge in [0.25, 0.3) is 0 Å². The predicted molar refractivity (Wildman–Crippen MR) is 76.0 cm³/mol. The Bertz CT molecular complexity index is 596. The molecular weight excluding hydrogens is 240 g/mol. The highest BCUT2D eigenvalue weighted by Gasteiger charge is 2.12. The molecule has 4 nitrogen and oxygen atoms in total. The molecule has 1 amide bonds. The van der Waals surface area contributed by atoms with E-state index in [0.717, 1.165) is 22.1 Å². The molecular formula is C15H18N2O2. The monoisotopic (exact) mass is 258 g/mol. The van der Waals surface area contributed by atoms with Crippen LogP contribution in [0.4, 0.5) is 0 Å². The van der Waals surface area contributed by atoms with Crippen LogP contribution in [0.5, 0.6) is 5.75 Å². The smallest absolute Gasteiger partial charge is 0.234 e. The van der Waals surface area contributed by atoms with Gasteiger partial charge < -0.3 is 15.8 Å². The molecule has 1 atom stereocenters. The Balaban J connectivity index is 2.36. The maximum Gasteiger partial charge on any atom is 0.234 e. The van der Waals surface area contributed by atoms with Crippen molar-refractivity contribution in [2.24, 2.45) is 5.73 Å². The Morgan fingerprint density at radius 3 is 2.74 bits per heavy atom. The van der Waals surface area contributed by atoms with Crippen LogP contribution < -0.4 is 15.8 Å². The van der Waals surface area contributed by atoms with Crippen molar-refractivity contribution in [1.82, 2.24) is 5.32 Å². The van der Waals surface area contributed by atoms with Crippen LogP contribution >= 0.6 is 0 Å². The molecule has 0 aromatic heterocycles. The Labute approximate surface area is 112 Å². The quantitative estimate of drug-likeness (QED) is 0.859. The van der Waals surface area contributed by atoms with Gasteiger partial charge >= 0.3 is 0 Å². The first-order valence-corrected chi connectivity index (χ1v) is 6.21. The zero-order chi connectivity index (χ0) is 13.8. The molecule has 0 aliphatic heterocycles. The van der Waals surface area contributed by atoms with E-state index in [0.29, 0.717) is 6.54 Å². The third-order valence-electron chi connectivity index (χ3n) is 3.23. The van der Waals surface area contributed by atoms with Gasteiger partial charge in [0.2, 0.25) is 5.91 Å². The average Bonchev–Trinajstić information content (AvgIpc) is 2.43. The summed E-state index contributed by atoms with van der Waals surface area (Å²) in [5.41, 5.74) is 6.29. The average molecular weight is 258 g/mol. The van der Waals surface area contributed by atoms with Crippen molar-refractivity contribution in [3.8, 4) is 5.75 Å². The zero-order valence-corrected chi connectivity index (χ0v) is 11.1. The van der Waals surface area contributed by atoms with E-state index in [2.05, 4.69) is 11.4 Å². The summed E-state index contributed by atoms with van der Waals surface area (Å²) in [6, 6.07) is 11.7. The molecule has 0 saturated heterocycles. The van der Waals surface area contributed by atoms with E-state index in [-0.39, 0.29) is 11.9 Å². The lowest BCUT2D eigenvalue weighted by Gasteiger charge is -2.15. The fourth-order valence-corrected chi connectivity index (χ4v) is 2.05. The maximum absolute atomic E-state index is 11.1. The van der Waals surface area contributed by atoms with Crippen molar-refractivity contribution in [3.63, 3.8) is 0 Å². The number of methoxy groups -OCH3 is 1. The van der Waals surface area contributed by atoms with Gasteiger partial charge in [-0.25, -0.2) is 0 Å². The number of rotatable bonds is 5. The van der Waals surface area contributed by atoms with E-state index in [1.54, 1.807) is 14.0 Å². The second-order valence-electron chi connectivity index (χ2n) is 4.47. The largest absolute Gasteiger partial charge is 0.496 e. The number of amides is 1. The highest BCUT2D eigenvalue weighted by atomic mass is 16.5. The Hall–Kier alpha value is -2.07. The van der Waals surface area contributed by atoms with Crippen LogP contribution in [0.3, 0.4) is 0 Å². The van der Waals surface area contributed by atoms with Crippen LogP contribution in [0.2, 0.25) is 0 Å². The molecule has 3 N–H and O–H groups in total. The lowest BCUT2D eigenvalue weighted by atomic mass is 10.0. The van der Waals surface area contributed by atoms with Crippen LogP contribution in [0, 0.1) is 0 Å². The summed E-state index contributed by atoms with van der Waals surface area (Å²) in [5, 5.41) is 5.37. The van der Waals surface area contributed by atoms with E-state index in [9.17, 15) is 4.79 Å². The van der Waals surface area contributed by atoms with Gasteiger partial charge in [-0.2, -0.15) is 0 Å². The SMILES string of the molecule is COc1ccc2ccccc2c1CNC(C)C(N)=O. The van der Waals surface area contributed by atoms with Crippen molar-refractivity contribution in [2.75, 3.05) is 7.11 Å².